The van der Waals surface area contributed by atoms with Crippen LogP contribution < -0.4 is 10.6 Å². The Bertz CT molecular complexity index is 808. The molecule has 0 aliphatic carbocycles. The lowest BCUT2D eigenvalue weighted by molar-refractivity contribution is -0.385. The summed E-state index contributed by atoms with van der Waals surface area (Å²) in [5.41, 5.74) is 0.552. The smallest absolute Gasteiger partial charge is 0.309 e. The number of anilines is 1. The Morgan fingerprint density at radius 1 is 1.40 bits per heavy atom. The zero-order valence-electron chi connectivity index (χ0n) is 14.1. The van der Waals surface area contributed by atoms with Gasteiger partial charge in [0.1, 0.15) is 24.1 Å². The highest BCUT2D eigenvalue weighted by atomic mass is 16.6. The van der Waals surface area contributed by atoms with E-state index in [1.807, 2.05) is 6.92 Å². The first-order valence-corrected chi connectivity index (χ1v) is 7.62. The molecule has 134 valence electrons. The number of nitro groups is 1. The van der Waals surface area contributed by atoms with Crippen LogP contribution >= 0.6 is 0 Å². The number of hydrogen-bond acceptors (Lipinski definition) is 6. The zero-order valence-corrected chi connectivity index (χ0v) is 14.1. The van der Waals surface area contributed by atoms with Crippen LogP contribution in [-0.2, 0) is 18.4 Å². The van der Waals surface area contributed by atoms with Gasteiger partial charge >= 0.3 is 5.69 Å². The highest BCUT2D eigenvalue weighted by Gasteiger charge is 2.20. The maximum absolute atomic E-state index is 12.2. The monoisotopic (exact) mass is 349 g/mol. The fourth-order valence-electron chi connectivity index (χ4n) is 2.22. The predicted octanol–water partition coefficient (Wildman–Crippen LogP) is 0.612. The van der Waals surface area contributed by atoms with E-state index in [-0.39, 0.29) is 35.2 Å². The normalized spacial score (nSPS) is 10.5. The molecular formula is C14H19N7O4. The number of amides is 2. The van der Waals surface area contributed by atoms with E-state index in [1.54, 1.807) is 7.05 Å². The molecule has 0 aliphatic rings. The van der Waals surface area contributed by atoms with E-state index in [9.17, 15) is 19.7 Å². The van der Waals surface area contributed by atoms with Crippen molar-refractivity contribution in [3.05, 3.63) is 33.9 Å². The van der Waals surface area contributed by atoms with Crippen LogP contribution in [0.25, 0.3) is 0 Å². The number of rotatable bonds is 7. The van der Waals surface area contributed by atoms with Crippen molar-refractivity contribution in [2.45, 2.75) is 26.8 Å². The van der Waals surface area contributed by atoms with Crippen LogP contribution in [0.1, 0.15) is 29.5 Å². The molecular weight excluding hydrogens is 330 g/mol. The first-order chi connectivity index (χ1) is 11.8. The quantitative estimate of drug-likeness (QED) is 0.555. The summed E-state index contributed by atoms with van der Waals surface area (Å²) in [5.74, 6) is -0.822. The molecule has 2 amide bonds. The van der Waals surface area contributed by atoms with Gasteiger partial charge in [-0.25, -0.2) is 0 Å². The second kappa shape index (κ2) is 7.55. The summed E-state index contributed by atoms with van der Waals surface area (Å²) in [6.07, 6.45) is 3.34. The third-order valence-corrected chi connectivity index (χ3v) is 3.39. The van der Waals surface area contributed by atoms with Crippen LogP contribution in [-0.4, -0.2) is 42.8 Å². The average molecular weight is 349 g/mol. The number of carbonyl (C=O) groups excluding carboxylic acids is 2. The molecule has 2 rings (SSSR count). The van der Waals surface area contributed by atoms with Gasteiger partial charge in [-0.05, 0) is 13.3 Å². The first-order valence-electron chi connectivity index (χ1n) is 7.62. The van der Waals surface area contributed by atoms with Crippen molar-refractivity contribution in [1.29, 1.82) is 0 Å². The Balaban J connectivity index is 2.10. The topological polar surface area (TPSA) is 137 Å². The summed E-state index contributed by atoms with van der Waals surface area (Å²) in [6.45, 7) is 3.70. The molecule has 0 aliphatic heterocycles. The minimum Gasteiger partial charge on any atom is -0.351 e. The van der Waals surface area contributed by atoms with Crippen LogP contribution in [0.2, 0.25) is 0 Å². The van der Waals surface area contributed by atoms with Crippen molar-refractivity contribution in [2.24, 2.45) is 7.05 Å². The second-order valence-electron chi connectivity index (χ2n) is 5.39. The van der Waals surface area contributed by atoms with Gasteiger partial charge in [0.15, 0.2) is 0 Å². The molecule has 2 N–H and O–H groups in total. The van der Waals surface area contributed by atoms with Gasteiger partial charge in [0.05, 0.1) is 16.8 Å². The number of nitrogens with one attached hydrogen (secondary N) is 2. The molecule has 2 aromatic rings. The highest BCUT2D eigenvalue weighted by Crippen LogP contribution is 2.16. The number of carbonyl (C=O) groups is 2. The van der Waals surface area contributed by atoms with Crippen LogP contribution in [0.3, 0.4) is 0 Å². The lowest BCUT2D eigenvalue weighted by Gasteiger charge is -2.08. The van der Waals surface area contributed by atoms with Gasteiger partial charge in [0.2, 0.25) is 5.91 Å². The fourth-order valence-corrected chi connectivity index (χ4v) is 2.22. The Morgan fingerprint density at radius 3 is 2.72 bits per heavy atom. The van der Waals surface area contributed by atoms with E-state index in [1.165, 1.54) is 28.7 Å². The molecule has 0 fully saturated rings. The van der Waals surface area contributed by atoms with Crippen molar-refractivity contribution in [2.75, 3.05) is 11.9 Å². The Kier molecular flexibility index (Phi) is 5.47. The van der Waals surface area contributed by atoms with Gasteiger partial charge < -0.3 is 10.6 Å². The first kappa shape index (κ1) is 18.1. The molecule has 0 radical (unpaired) electrons. The van der Waals surface area contributed by atoms with Crippen LogP contribution in [0.4, 0.5) is 11.4 Å². The second-order valence-corrected chi connectivity index (χ2v) is 5.39. The van der Waals surface area contributed by atoms with Gasteiger partial charge in [-0.15, -0.1) is 0 Å². The van der Waals surface area contributed by atoms with Gasteiger partial charge in [-0.3, -0.25) is 29.1 Å². The van der Waals surface area contributed by atoms with E-state index in [0.29, 0.717) is 6.54 Å². The molecule has 0 unspecified atom stereocenters. The Morgan fingerprint density at radius 2 is 2.12 bits per heavy atom. The molecule has 0 atom stereocenters. The van der Waals surface area contributed by atoms with Crippen molar-refractivity contribution >= 4 is 23.2 Å². The van der Waals surface area contributed by atoms with Gasteiger partial charge in [-0.1, -0.05) is 6.92 Å². The lowest BCUT2D eigenvalue weighted by Crippen LogP contribution is -2.28. The Hall–Kier alpha value is -3.24. The summed E-state index contributed by atoms with van der Waals surface area (Å²) in [7, 11) is 1.59. The Labute approximate surface area is 143 Å². The molecule has 2 aromatic heterocycles. The number of aryl methyl sites for hydroxylation is 2. The fraction of sp³-hybridized carbons (Fsp3) is 0.429. The standard InChI is InChI=1S/C14H19N7O4/c1-4-5-15-14(23)13-10(6-16-19(13)3)17-12(22)8-20-7-11(21(24)25)9(2)18-20/h6-7H,4-5,8H2,1-3H3,(H,15,23)(H,17,22). The molecule has 0 spiro atoms. The van der Waals surface area contributed by atoms with Gasteiger partial charge in [0, 0.05) is 13.6 Å². The summed E-state index contributed by atoms with van der Waals surface area (Å²) in [4.78, 5) is 34.6. The van der Waals surface area contributed by atoms with E-state index in [2.05, 4.69) is 20.8 Å². The third kappa shape index (κ3) is 4.19. The van der Waals surface area contributed by atoms with Crippen LogP contribution in [0.15, 0.2) is 12.4 Å². The van der Waals surface area contributed by atoms with Crippen molar-refractivity contribution in [3.63, 3.8) is 0 Å². The van der Waals surface area contributed by atoms with E-state index in [0.717, 1.165) is 6.42 Å². The number of hydrogen-bond donors (Lipinski definition) is 2. The number of nitrogens with zero attached hydrogens (tertiary/aromatic N) is 5. The molecule has 11 heteroatoms. The maximum Gasteiger partial charge on any atom is 0.309 e. The summed E-state index contributed by atoms with van der Waals surface area (Å²) < 4.78 is 2.54. The molecule has 0 bridgehead atoms. The summed E-state index contributed by atoms with van der Waals surface area (Å²) >= 11 is 0. The lowest BCUT2D eigenvalue weighted by atomic mass is 10.3. The van der Waals surface area contributed by atoms with Crippen molar-refractivity contribution < 1.29 is 14.5 Å². The van der Waals surface area contributed by atoms with Crippen LogP contribution in [0.5, 0.6) is 0 Å². The van der Waals surface area contributed by atoms with Gasteiger partial charge in [0.25, 0.3) is 5.91 Å². The predicted molar refractivity (Wildman–Crippen MR) is 88.1 cm³/mol. The summed E-state index contributed by atoms with van der Waals surface area (Å²) in [5, 5.41) is 24.0. The third-order valence-electron chi connectivity index (χ3n) is 3.39. The SMILES string of the molecule is CCCNC(=O)c1c(NC(=O)Cn2cc([N+](=O)[O-])c(C)n2)cnn1C. The zero-order chi connectivity index (χ0) is 18.6. The minimum atomic E-state index is -0.561. The maximum atomic E-state index is 12.2. The van der Waals surface area contributed by atoms with E-state index >= 15 is 0 Å². The molecule has 0 saturated heterocycles. The van der Waals surface area contributed by atoms with Crippen molar-refractivity contribution in [3.8, 4) is 0 Å². The molecule has 25 heavy (non-hydrogen) atoms. The average Bonchev–Trinajstić information content (AvgIpc) is 3.07. The van der Waals surface area contributed by atoms with E-state index in [4.69, 9.17) is 0 Å². The summed E-state index contributed by atoms with van der Waals surface area (Å²) in [6, 6.07) is 0. The van der Waals surface area contributed by atoms with Crippen LogP contribution in [0, 0.1) is 17.0 Å². The van der Waals surface area contributed by atoms with Crippen molar-refractivity contribution in [1.82, 2.24) is 24.9 Å². The number of aromatic nitrogens is 4. The highest BCUT2D eigenvalue weighted by molar-refractivity contribution is 6.02. The minimum absolute atomic E-state index is 0.159. The molecule has 0 aromatic carbocycles. The largest absolute Gasteiger partial charge is 0.351 e. The van der Waals surface area contributed by atoms with Gasteiger partial charge in [-0.2, -0.15) is 10.2 Å². The molecule has 0 saturated carbocycles. The molecule has 11 nitrogen and oxygen atoms in total. The van der Waals surface area contributed by atoms with E-state index < -0.39 is 10.8 Å². The molecule has 2 heterocycles.